The van der Waals surface area contributed by atoms with Crippen LogP contribution in [-0.2, 0) is 12.8 Å². The summed E-state index contributed by atoms with van der Waals surface area (Å²) in [6, 6.07) is 4.47. The Labute approximate surface area is 137 Å². The molecule has 21 heavy (non-hydrogen) atoms. The van der Waals surface area contributed by atoms with E-state index in [9.17, 15) is 0 Å². The van der Waals surface area contributed by atoms with E-state index in [-0.39, 0.29) is 0 Å². The van der Waals surface area contributed by atoms with Gasteiger partial charge in [-0.25, -0.2) is 0 Å². The summed E-state index contributed by atoms with van der Waals surface area (Å²) in [5.41, 5.74) is 3.08. The molecule has 1 aromatic rings. The number of unbranched alkanes of at least 4 members (excludes halogenated alkanes) is 1. The Balaban J connectivity index is 2.27. The molecule has 2 rings (SSSR count). The van der Waals surface area contributed by atoms with Crippen LogP contribution in [0.3, 0.4) is 0 Å². The first-order valence-corrected chi connectivity index (χ1v) is 9.02. The second-order valence-electron chi connectivity index (χ2n) is 6.32. The molecule has 0 saturated carbocycles. The normalized spacial score (nSPS) is 16.4. The van der Waals surface area contributed by atoms with Gasteiger partial charge >= 0.3 is 0 Å². The van der Waals surface area contributed by atoms with Crippen molar-refractivity contribution in [2.24, 2.45) is 5.41 Å². The minimum atomic E-state index is 0.339. The molecule has 3 heteroatoms. The van der Waals surface area contributed by atoms with Crippen LogP contribution in [0.1, 0.15) is 50.7 Å². The van der Waals surface area contributed by atoms with E-state index in [4.69, 9.17) is 4.74 Å². The highest BCUT2D eigenvalue weighted by atomic mass is 79.9. The highest BCUT2D eigenvalue weighted by Gasteiger charge is 2.30. The number of hydrogen-bond acceptors (Lipinski definition) is 2. The van der Waals surface area contributed by atoms with Gasteiger partial charge in [0, 0.05) is 17.4 Å². The zero-order valence-corrected chi connectivity index (χ0v) is 15.2. The average molecular weight is 354 g/mol. The number of ether oxygens (including phenoxy) is 1. The lowest BCUT2D eigenvalue weighted by molar-refractivity contribution is 0.231. The molecule has 0 amide bonds. The van der Waals surface area contributed by atoms with E-state index in [1.165, 1.54) is 41.3 Å². The molecule has 1 aliphatic heterocycles. The van der Waals surface area contributed by atoms with Gasteiger partial charge in [0.15, 0.2) is 0 Å². The Morgan fingerprint density at radius 2 is 2.14 bits per heavy atom. The van der Waals surface area contributed by atoms with Crippen LogP contribution >= 0.6 is 15.9 Å². The Kier molecular flexibility index (Phi) is 6.12. The minimum Gasteiger partial charge on any atom is -0.493 e. The van der Waals surface area contributed by atoms with Crippen LogP contribution in [0.2, 0.25) is 0 Å². The molecule has 0 fully saturated rings. The van der Waals surface area contributed by atoms with Crippen LogP contribution in [0.4, 0.5) is 0 Å². The van der Waals surface area contributed by atoms with Crippen LogP contribution in [0.5, 0.6) is 5.75 Å². The van der Waals surface area contributed by atoms with Crippen LogP contribution in [0, 0.1) is 5.41 Å². The highest BCUT2D eigenvalue weighted by molar-refractivity contribution is 9.10. The van der Waals surface area contributed by atoms with Gasteiger partial charge in [0.1, 0.15) is 5.75 Å². The Bertz CT molecular complexity index is 475. The molecule has 0 aromatic heterocycles. The predicted octanol–water partition coefficient (Wildman–Crippen LogP) is 4.73. The maximum absolute atomic E-state index is 5.92. The van der Waals surface area contributed by atoms with Crippen molar-refractivity contribution in [3.8, 4) is 5.75 Å². The quantitative estimate of drug-likeness (QED) is 0.729. The number of halogens is 1. The van der Waals surface area contributed by atoms with Crippen molar-refractivity contribution < 1.29 is 4.74 Å². The number of fused-ring (bicyclic) bond motifs is 1. The smallest absolute Gasteiger partial charge is 0.125 e. The predicted molar refractivity (Wildman–Crippen MR) is 93.2 cm³/mol. The van der Waals surface area contributed by atoms with E-state index in [0.717, 1.165) is 31.7 Å². The summed E-state index contributed by atoms with van der Waals surface area (Å²) in [5.74, 6) is 1.16. The lowest BCUT2D eigenvalue weighted by Crippen LogP contribution is -2.34. The maximum atomic E-state index is 5.92. The Morgan fingerprint density at radius 1 is 1.33 bits per heavy atom. The van der Waals surface area contributed by atoms with Crippen molar-refractivity contribution in [1.29, 1.82) is 0 Å². The second kappa shape index (κ2) is 7.64. The SMILES string of the molecule is CCCCC(CC)(CNC)Cc1cc(Br)cc2c1OCC2. The fourth-order valence-corrected chi connectivity index (χ4v) is 4.03. The van der Waals surface area contributed by atoms with E-state index in [1.54, 1.807) is 0 Å². The van der Waals surface area contributed by atoms with Gasteiger partial charge in [-0.05, 0) is 55.0 Å². The minimum absolute atomic E-state index is 0.339. The van der Waals surface area contributed by atoms with Gasteiger partial charge in [0.25, 0.3) is 0 Å². The van der Waals surface area contributed by atoms with Crippen molar-refractivity contribution in [3.63, 3.8) is 0 Å². The van der Waals surface area contributed by atoms with Crippen LogP contribution in [-0.4, -0.2) is 20.2 Å². The molecule has 0 spiro atoms. The molecule has 1 atom stereocenters. The highest BCUT2D eigenvalue weighted by Crippen LogP contribution is 2.39. The number of hydrogen-bond donors (Lipinski definition) is 1. The number of rotatable bonds is 8. The van der Waals surface area contributed by atoms with Crippen molar-refractivity contribution in [2.45, 2.75) is 52.4 Å². The van der Waals surface area contributed by atoms with Crippen LogP contribution in [0.25, 0.3) is 0 Å². The summed E-state index contributed by atoms with van der Waals surface area (Å²) in [6.45, 7) is 6.51. The molecule has 2 nitrogen and oxygen atoms in total. The fraction of sp³-hybridized carbons (Fsp3) is 0.667. The molecule has 1 heterocycles. The van der Waals surface area contributed by atoms with Crippen molar-refractivity contribution >= 4 is 15.9 Å². The maximum Gasteiger partial charge on any atom is 0.125 e. The number of nitrogens with one attached hydrogen (secondary N) is 1. The Morgan fingerprint density at radius 3 is 2.81 bits per heavy atom. The number of benzene rings is 1. The third kappa shape index (κ3) is 4.01. The van der Waals surface area contributed by atoms with Crippen molar-refractivity contribution in [1.82, 2.24) is 5.32 Å². The van der Waals surface area contributed by atoms with E-state index < -0.39 is 0 Å². The molecule has 1 N–H and O–H groups in total. The summed E-state index contributed by atoms with van der Waals surface area (Å²) >= 11 is 3.67. The molecule has 0 aliphatic carbocycles. The van der Waals surface area contributed by atoms with Crippen LogP contribution < -0.4 is 10.1 Å². The summed E-state index contributed by atoms with van der Waals surface area (Å²) in [4.78, 5) is 0. The monoisotopic (exact) mass is 353 g/mol. The average Bonchev–Trinajstić information content (AvgIpc) is 2.93. The fourth-order valence-electron chi connectivity index (χ4n) is 3.47. The molecule has 0 bridgehead atoms. The molecular weight excluding hydrogens is 326 g/mol. The van der Waals surface area contributed by atoms with Gasteiger partial charge in [0.05, 0.1) is 6.61 Å². The largest absolute Gasteiger partial charge is 0.493 e. The summed E-state index contributed by atoms with van der Waals surface area (Å²) in [6.07, 6.45) is 7.19. The summed E-state index contributed by atoms with van der Waals surface area (Å²) in [5, 5.41) is 3.42. The lowest BCUT2D eigenvalue weighted by Gasteiger charge is -2.33. The second-order valence-corrected chi connectivity index (χ2v) is 7.23. The van der Waals surface area contributed by atoms with Gasteiger partial charge in [-0.15, -0.1) is 0 Å². The van der Waals surface area contributed by atoms with E-state index >= 15 is 0 Å². The Hall–Kier alpha value is -0.540. The topological polar surface area (TPSA) is 21.3 Å². The van der Waals surface area contributed by atoms with Crippen LogP contribution in [0.15, 0.2) is 16.6 Å². The molecule has 0 saturated heterocycles. The third-order valence-corrected chi connectivity index (χ3v) is 5.21. The zero-order valence-electron chi connectivity index (χ0n) is 13.6. The van der Waals surface area contributed by atoms with Crippen molar-refractivity contribution in [3.05, 3.63) is 27.7 Å². The van der Waals surface area contributed by atoms with E-state index in [1.807, 2.05) is 0 Å². The molecule has 1 unspecified atom stereocenters. The molecule has 1 aromatic carbocycles. The molecular formula is C18H28BrNO. The summed E-state index contributed by atoms with van der Waals surface area (Å²) in [7, 11) is 2.07. The first-order chi connectivity index (χ1) is 10.1. The molecule has 0 radical (unpaired) electrons. The standard InChI is InChI=1S/C18H28BrNO/c1-4-6-8-18(5-2,13-20-3)12-15-11-16(19)10-14-7-9-21-17(14)15/h10-11,20H,4-9,12-13H2,1-3H3. The lowest BCUT2D eigenvalue weighted by atomic mass is 9.75. The third-order valence-electron chi connectivity index (χ3n) is 4.75. The molecule has 1 aliphatic rings. The first kappa shape index (κ1) is 16.8. The zero-order chi connectivity index (χ0) is 15.3. The van der Waals surface area contributed by atoms with E-state index in [2.05, 4.69) is 54.3 Å². The van der Waals surface area contributed by atoms with E-state index in [0.29, 0.717) is 5.41 Å². The van der Waals surface area contributed by atoms with Gasteiger partial charge in [-0.2, -0.15) is 0 Å². The van der Waals surface area contributed by atoms with Gasteiger partial charge in [0.2, 0.25) is 0 Å². The summed E-state index contributed by atoms with van der Waals surface area (Å²) < 4.78 is 7.10. The van der Waals surface area contributed by atoms with Gasteiger partial charge in [-0.3, -0.25) is 0 Å². The first-order valence-electron chi connectivity index (χ1n) is 8.23. The van der Waals surface area contributed by atoms with Gasteiger partial charge < -0.3 is 10.1 Å². The molecule has 118 valence electrons. The van der Waals surface area contributed by atoms with Gasteiger partial charge in [-0.1, -0.05) is 42.6 Å². The van der Waals surface area contributed by atoms with Crippen molar-refractivity contribution in [2.75, 3.05) is 20.2 Å².